The molecule has 0 radical (unpaired) electrons. The van der Waals surface area contributed by atoms with Crippen LogP contribution in [0.3, 0.4) is 0 Å². The Balaban J connectivity index is 1.92. The smallest absolute Gasteiger partial charge is 0.259 e. The number of hydrogen-bond acceptors (Lipinski definition) is 5. The Kier molecular flexibility index (Phi) is 4.74. The molecule has 0 N–H and O–H groups in total. The quantitative estimate of drug-likeness (QED) is 0.297. The van der Waals surface area contributed by atoms with Crippen LogP contribution < -0.4 is 9.64 Å². The maximum Gasteiger partial charge on any atom is 0.259 e. The minimum Gasteiger partial charge on any atom is -0.497 e. The Labute approximate surface area is 178 Å². The number of fused-ring (bicyclic) bond motifs is 3. The van der Waals surface area contributed by atoms with Gasteiger partial charge in [-0.3, -0.25) is 9.69 Å². The van der Waals surface area contributed by atoms with Gasteiger partial charge in [-0.1, -0.05) is 48.8 Å². The summed E-state index contributed by atoms with van der Waals surface area (Å²) in [6, 6.07) is 13.2. The van der Waals surface area contributed by atoms with Gasteiger partial charge < -0.3 is 4.74 Å². The van der Waals surface area contributed by atoms with Gasteiger partial charge >= 0.3 is 0 Å². The molecular formula is C20H16BrNO2S3. The molecule has 0 unspecified atom stereocenters. The fourth-order valence-corrected chi connectivity index (χ4v) is 7.07. The molecule has 1 amide bonds. The van der Waals surface area contributed by atoms with Gasteiger partial charge in [0.1, 0.15) is 9.57 Å². The highest BCUT2D eigenvalue weighted by Gasteiger charge is 2.43. The maximum absolute atomic E-state index is 13.5. The van der Waals surface area contributed by atoms with Crippen LogP contribution in [0.15, 0.2) is 46.9 Å². The standard InChI is InChI=1S/C20H16BrNO2S3/c1-20(2)17-16(19(25)27-26-17)14-10-12(21)6-9-15(14)22(20)18(23)11-4-7-13(24-3)8-5-11/h4-10H,1-3H3. The van der Waals surface area contributed by atoms with Gasteiger partial charge in [0.05, 0.1) is 23.2 Å². The van der Waals surface area contributed by atoms with E-state index in [1.54, 1.807) is 39.9 Å². The average molecular weight is 478 g/mol. The zero-order valence-electron chi connectivity index (χ0n) is 14.9. The second-order valence-corrected chi connectivity index (χ2v) is 10.5. The van der Waals surface area contributed by atoms with Crippen molar-refractivity contribution in [3.05, 3.63) is 61.2 Å². The molecule has 1 aromatic heterocycles. The van der Waals surface area contributed by atoms with Crippen molar-refractivity contribution in [1.29, 1.82) is 0 Å². The zero-order valence-corrected chi connectivity index (χ0v) is 18.9. The molecule has 2 heterocycles. The fraction of sp³-hybridized carbons (Fsp3) is 0.200. The highest BCUT2D eigenvalue weighted by Crippen LogP contribution is 2.52. The zero-order chi connectivity index (χ0) is 19.3. The first-order valence-corrected chi connectivity index (χ1v) is 11.6. The largest absolute Gasteiger partial charge is 0.497 e. The van der Waals surface area contributed by atoms with Crippen molar-refractivity contribution < 1.29 is 9.53 Å². The van der Waals surface area contributed by atoms with Crippen LogP contribution in [0.2, 0.25) is 0 Å². The molecule has 3 aromatic rings. The van der Waals surface area contributed by atoms with Gasteiger partial charge in [-0.25, -0.2) is 0 Å². The van der Waals surface area contributed by atoms with E-state index in [0.717, 1.165) is 35.7 Å². The lowest BCUT2D eigenvalue weighted by molar-refractivity contribution is 0.0961. The topological polar surface area (TPSA) is 29.5 Å². The first-order valence-electron chi connectivity index (χ1n) is 8.26. The van der Waals surface area contributed by atoms with Crippen molar-refractivity contribution in [2.75, 3.05) is 12.0 Å². The summed E-state index contributed by atoms with van der Waals surface area (Å²) in [5, 5.41) is 0. The number of benzene rings is 2. The number of carbonyl (C=O) groups is 1. The van der Waals surface area contributed by atoms with Gasteiger partial charge in [-0.15, -0.1) is 0 Å². The lowest BCUT2D eigenvalue weighted by atomic mass is 9.87. The van der Waals surface area contributed by atoms with Crippen LogP contribution in [-0.4, -0.2) is 13.0 Å². The summed E-state index contributed by atoms with van der Waals surface area (Å²) in [7, 11) is 4.87. The molecule has 0 spiro atoms. The van der Waals surface area contributed by atoms with E-state index in [2.05, 4.69) is 29.8 Å². The lowest BCUT2D eigenvalue weighted by Crippen LogP contribution is -2.47. The first-order chi connectivity index (χ1) is 12.8. The van der Waals surface area contributed by atoms with Crippen molar-refractivity contribution in [2.24, 2.45) is 0 Å². The Morgan fingerprint density at radius 1 is 1.15 bits per heavy atom. The van der Waals surface area contributed by atoms with Crippen molar-refractivity contribution in [2.45, 2.75) is 19.4 Å². The van der Waals surface area contributed by atoms with Crippen LogP contribution in [-0.2, 0) is 5.54 Å². The van der Waals surface area contributed by atoms with Gasteiger partial charge in [-0.05, 0) is 56.3 Å². The number of amides is 1. The van der Waals surface area contributed by atoms with Crippen LogP contribution in [0.5, 0.6) is 5.75 Å². The van der Waals surface area contributed by atoms with E-state index in [4.69, 9.17) is 17.0 Å². The van der Waals surface area contributed by atoms with E-state index in [1.165, 1.54) is 0 Å². The van der Waals surface area contributed by atoms with Crippen LogP contribution in [0, 0.1) is 3.82 Å². The molecule has 0 aliphatic carbocycles. The van der Waals surface area contributed by atoms with E-state index < -0.39 is 5.54 Å². The minimum atomic E-state index is -0.495. The van der Waals surface area contributed by atoms with Crippen molar-refractivity contribution in [1.82, 2.24) is 0 Å². The van der Waals surface area contributed by atoms with E-state index in [1.807, 2.05) is 35.2 Å². The number of anilines is 1. The van der Waals surface area contributed by atoms with Gasteiger partial charge in [0.2, 0.25) is 0 Å². The number of methoxy groups -OCH3 is 1. The van der Waals surface area contributed by atoms with Crippen LogP contribution in [0.4, 0.5) is 5.69 Å². The Hall–Kier alpha value is -1.54. The molecule has 27 heavy (non-hydrogen) atoms. The summed E-state index contributed by atoms with van der Waals surface area (Å²) >= 11 is 9.17. The van der Waals surface area contributed by atoms with Crippen LogP contribution in [0.1, 0.15) is 29.1 Å². The summed E-state index contributed by atoms with van der Waals surface area (Å²) in [6.07, 6.45) is 0. The molecule has 0 saturated carbocycles. The molecule has 2 aromatic carbocycles. The molecular weight excluding hydrogens is 462 g/mol. The van der Waals surface area contributed by atoms with Crippen molar-refractivity contribution >= 4 is 60.4 Å². The SMILES string of the molecule is COc1ccc(C(=O)N2c3ccc(Br)cc3-c3c(ssc3=S)C2(C)C)cc1. The number of halogens is 1. The summed E-state index contributed by atoms with van der Waals surface area (Å²) in [5.74, 6) is 0.688. The molecule has 3 nitrogen and oxygen atoms in total. The number of ether oxygens (including phenoxy) is 1. The summed E-state index contributed by atoms with van der Waals surface area (Å²) < 4.78 is 7.06. The second-order valence-electron chi connectivity index (χ2n) is 6.75. The molecule has 0 saturated heterocycles. The van der Waals surface area contributed by atoms with Gasteiger partial charge in [0.15, 0.2) is 0 Å². The normalized spacial score (nSPS) is 14.4. The van der Waals surface area contributed by atoms with Crippen LogP contribution in [0.25, 0.3) is 11.1 Å². The van der Waals surface area contributed by atoms with E-state index >= 15 is 0 Å². The van der Waals surface area contributed by atoms with E-state index in [9.17, 15) is 4.79 Å². The summed E-state index contributed by atoms with van der Waals surface area (Å²) in [6.45, 7) is 4.16. The Morgan fingerprint density at radius 3 is 2.52 bits per heavy atom. The molecule has 0 bridgehead atoms. The fourth-order valence-electron chi connectivity index (χ4n) is 3.43. The van der Waals surface area contributed by atoms with Gasteiger partial charge in [-0.2, -0.15) is 0 Å². The molecule has 0 fully saturated rings. The van der Waals surface area contributed by atoms with E-state index in [-0.39, 0.29) is 5.91 Å². The third-order valence-corrected chi connectivity index (χ3v) is 8.58. The number of carbonyl (C=O) groups excluding carboxylic acids is 1. The average Bonchev–Trinajstić information content (AvgIpc) is 3.05. The van der Waals surface area contributed by atoms with Gasteiger partial charge in [0, 0.05) is 21.2 Å². The van der Waals surface area contributed by atoms with Crippen LogP contribution >= 0.6 is 48.8 Å². The molecule has 4 rings (SSSR count). The highest BCUT2D eigenvalue weighted by atomic mass is 79.9. The van der Waals surface area contributed by atoms with E-state index in [0.29, 0.717) is 5.56 Å². The number of rotatable bonds is 2. The number of nitrogens with zero attached hydrogens (tertiary/aromatic N) is 1. The van der Waals surface area contributed by atoms with Crippen molar-refractivity contribution in [3.8, 4) is 16.9 Å². The molecule has 1 aliphatic rings. The molecule has 1 aliphatic heterocycles. The Bertz CT molecular complexity index is 1100. The maximum atomic E-state index is 13.5. The second kappa shape index (κ2) is 6.81. The molecule has 0 atom stereocenters. The Morgan fingerprint density at radius 2 is 1.85 bits per heavy atom. The predicted molar refractivity (Wildman–Crippen MR) is 119 cm³/mol. The summed E-state index contributed by atoms with van der Waals surface area (Å²) in [5.41, 5.74) is 3.10. The minimum absolute atomic E-state index is 0.0406. The highest BCUT2D eigenvalue weighted by molar-refractivity contribution is 9.10. The summed E-state index contributed by atoms with van der Waals surface area (Å²) in [4.78, 5) is 16.6. The molecule has 138 valence electrons. The van der Waals surface area contributed by atoms with Gasteiger partial charge in [0.25, 0.3) is 5.91 Å². The number of hydrogen-bond donors (Lipinski definition) is 0. The third kappa shape index (κ3) is 2.97. The third-order valence-electron chi connectivity index (χ3n) is 4.76. The first kappa shape index (κ1) is 18.8. The molecule has 7 heteroatoms. The lowest BCUT2D eigenvalue weighted by Gasteiger charge is -2.43. The predicted octanol–water partition coefficient (Wildman–Crippen LogP) is 6.87. The monoisotopic (exact) mass is 477 g/mol. The van der Waals surface area contributed by atoms with Crippen molar-refractivity contribution in [3.63, 3.8) is 0 Å².